The van der Waals surface area contributed by atoms with E-state index in [0.717, 1.165) is 35.9 Å². The van der Waals surface area contributed by atoms with Crippen LogP contribution in [0.3, 0.4) is 0 Å². The predicted molar refractivity (Wildman–Crippen MR) is 80.6 cm³/mol. The molecule has 20 heavy (non-hydrogen) atoms. The first-order valence-corrected chi connectivity index (χ1v) is 6.91. The summed E-state index contributed by atoms with van der Waals surface area (Å²) in [7, 11) is 0. The lowest BCUT2D eigenvalue weighted by atomic mass is 10.2. The molecule has 0 amide bonds. The fraction of sp³-hybridized carbons (Fsp3) is 0.375. The number of aliphatic hydroxyl groups excluding tert-OH is 1. The Hall–Kier alpha value is -1.94. The summed E-state index contributed by atoms with van der Waals surface area (Å²) in [5, 5.41) is 9.51. The largest absolute Gasteiger partial charge is 0.389 e. The number of hydrogen-bond donors (Lipinski definition) is 1. The highest BCUT2D eigenvalue weighted by molar-refractivity contribution is 5.40. The van der Waals surface area contributed by atoms with E-state index in [1.54, 1.807) is 13.1 Å². The first-order valence-electron chi connectivity index (χ1n) is 6.91. The van der Waals surface area contributed by atoms with E-state index in [1.165, 1.54) is 0 Å². The number of hydrogen-bond acceptors (Lipinski definition) is 4. The molecule has 2 aromatic heterocycles. The molecular formula is C16H21N3O. The molecule has 0 unspecified atom stereocenters. The summed E-state index contributed by atoms with van der Waals surface area (Å²) in [5.41, 5.74) is 2.89. The standard InChI is InChI=1S/C16H21N3O/c1-4-19(11-15-7-5-6-12(2)18-15)16-9-8-14(10-17-16)13(3)20/h5-10,13,20H,4,11H2,1-3H3/t13-/m0/s1. The predicted octanol–water partition coefficient (Wildman–Crippen LogP) is 2.86. The van der Waals surface area contributed by atoms with Crippen LogP contribution < -0.4 is 4.90 Å². The summed E-state index contributed by atoms with van der Waals surface area (Å²) < 4.78 is 0. The zero-order valence-electron chi connectivity index (χ0n) is 12.2. The van der Waals surface area contributed by atoms with E-state index in [-0.39, 0.29) is 0 Å². The van der Waals surface area contributed by atoms with Crippen molar-refractivity contribution in [3.05, 3.63) is 53.5 Å². The van der Waals surface area contributed by atoms with Crippen LogP contribution in [0.5, 0.6) is 0 Å². The lowest BCUT2D eigenvalue weighted by molar-refractivity contribution is 0.199. The number of aliphatic hydroxyl groups is 1. The summed E-state index contributed by atoms with van der Waals surface area (Å²) in [5.74, 6) is 0.903. The molecule has 2 aromatic rings. The van der Waals surface area contributed by atoms with Gasteiger partial charge in [0.2, 0.25) is 0 Å². The van der Waals surface area contributed by atoms with Gasteiger partial charge in [0.25, 0.3) is 0 Å². The third-order valence-corrected chi connectivity index (χ3v) is 3.26. The van der Waals surface area contributed by atoms with E-state index in [0.29, 0.717) is 0 Å². The fourth-order valence-electron chi connectivity index (χ4n) is 2.07. The van der Waals surface area contributed by atoms with Crippen LogP contribution in [-0.2, 0) is 6.54 Å². The van der Waals surface area contributed by atoms with Crippen molar-refractivity contribution in [2.45, 2.75) is 33.4 Å². The zero-order valence-corrected chi connectivity index (χ0v) is 12.2. The van der Waals surface area contributed by atoms with Gasteiger partial charge in [0.05, 0.1) is 18.3 Å². The fourth-order valence-corrected chi connectivity index (χ4v) is 2.07. The maximum absolute atomic E-state index is 9.51. The summed E-state index contributed by atoms with van der Waals surface area (Å²) in [6.45, 7) is 7.43. The second kappa shape index (κ2) is 6.48. The van der Waals surface area contributed by atoms with Crippen molar-refractivity contribution in [3.8, 4) is 0 Å². The van der Waals surface area contributed by atoms with Gasteiger partial charge in [0, 0.05) is 18.4 Å². The Labute approximate surface area is 120 Å². The topological polar surface area (TPSA) is 49.2 Å². The van der Waals surface area contributed by atoms with Gasteiger partial charge < -0.3 is 10.0 Å². The van der Waals surface area contributed by atoms with Gasteiger partial charge in [0.15, 0.2) is 0 Å². The Morgan fingerprint density at radius 1 is 1.25 bits per heavy atom. The summed E-state index contributed by atoms with van der Waals surface area (Å²) in [6.07, 6.45) is 1.25. The van der Waals surface area contributed by atoms with Crippen LogP contribution in [0.15, 0.2) is 36.5 Å². The molecule has 1 atom stereocenters. The molecule has 4 heteroatoms. The van der Waals surface area contributed by atoms with Gasteiger partial charge in [0.1, 0.15) is 5.82 Å². The van der Waals surface area contributed by atoms with Crippen LogP contribution in [0.1, 0.15) is 36.9 Å². The Kier molecular flexibility index (Phi) is 4.69. The number of nitrogens with zero attached hydrogens (tertiary/aromatic N) is 3. The maximum atomic E-state index is 9.51. The van der Waals surface area contributed by atoms with Gasteiger partial charge >= 0.3 is 0 Å². The van der Waals surface area contributed by atoms with Gasteiger partial charge in [-0.1, -0.05) is 12.1 Å². The molecule has 0 fully saturated rings. The number of aromatic nitrogens is 2. The minimum absolute atomic E-state index is 0.481. The first kappa shape index (κ1) is 14.5. The van der Waals surface area contributed by atoms with Crippen LogP contribution in [-0.4, -0.2) is 21.6 Å². The molecule has 0 spiro atoms. The maximum Gasteiger partial charge on any atom is 0.128 e. The summed E-state index contributed by atoms with van der Waals surface area (Å²) in [6, 6.07) is 9.91. The van der Waals surface area contributed by atoms with Gasteiger partial charge in [-0.25, -0.2) is 4.98 Å². The number of anilines is 1. The van der Waals surface area contributed by atoms with Crippen molar-refractivity contribution in [3.63, 3.8) is 0 Å². The molecule has 0 aliphatic heterocycles. The first-order chi connectivity index (χ1) is 9.60. The molecule has 1 N–H and O–H groups in total. The van der Waals surface area contributed by atoms with E-state index in [1.807, 2.05) is 37.3 Å². The van der Waals surface area contributed by atoms with Gasteiger partial charge in [-0.15, -0.1) is 0 Å². The highest BCUT2D eigenvalue weighted by Crippen LogP contribution is 2.17. The summed E-state index contributed by atoms with van der Waals surface area (Å²) >= 11 is 0. The lowest BCUT2D eigenvalue weighted by Crippen LogP contribution is -2.23. The highest BCUT2D eigenvalue weighted by atomic mass is 16.3. The average molecular weight is 271 g/mol. The lowest BCUT2D eigenvalue weighted by Gasteiger charge is -2.22. The van der Waals surface area contributed by atoms with Crippen LogP contribution in [0, 0.1) is 6.92 Å². The van der Waals surface area contributed by atoms with E-state index in [9.17, 15) is 5.11 Å². The SMILES string of the molecule is CCN(Cc1cccc(C)n1)c1ccc([C@H](C)O)cn1. The number of aryl methyl sites for hydroxylation is 1. The molecule has 106 valence electrons. The van der Waals surface area contributed by atoms with E-state index in [2.05, 4.69) is 21.8 Å². The van der Waals surface area contributed by atoms with Crippen molar-refractivity contribution in [1.29, 1.82) is 0 Å². The molecule has 0 aliphatic rings. The summed E-state index contributed by atoms with van der Waals surface area (Å²) in [4.78, 5) is 11.1. The van der Waals surface area contributed by atoms with Crippen LogP contribution in [0.2, 0.25) is 0 Å². The van der Waals surface area contributed by atoms with Crippen molar-refractivity contribution in [2.75, 3.05) is 11.4 Å². The van der Waals surface area contributed by atoms with Crippen LogP contribution >= 0.6 is 0 Å². The Morgan fingerprint density at radius 2 is 2.05 bits per heavy atom. The Morgan fingerprint density at radius 3 is 2.60 bits per heavy atom. The molecular weight excluding hydrogens is 250 g/mol. The smallest absolute Gasteiger partial charge is 0.128 e. The van der Waals surface area contributed by atoms with Crippen molar-refractivity contribution < 1.29 is 5.11 Å². The van der Waals surface area contributed by atoms with Crippen LogP contribution in [0.25, 0.3) is 0 Å². The molecule has 0 bridgehead atoms. The van der Waals surface area contributed by atoms with E-state index < -0.39 is 6.10 Å². The third-order valence-electron chi connectivity index (χ3n) is 3.26. The average Bonchev–Trinajstić information content (AvgIpc) is 2.45. The number of pyridine rings is 2. The molecule has 2 rings (SSSR count). The van der Waals surface area contributed by atoms with Crippen molar-refractivity contribution >= 4 is 5.82 Å². The molecule has 0 radical (unpaired) electrons. The molecule has 4 nitrogen and oxygen atoms in total. The van der Waals surface area contributed by atoms with Gasteiger partial charge in [-0.05, 0) is 44.5 Å². The monoisotopic (exact) mass is 271 g/mol. The van der Waals surface area contributed by atoms with Gasteiger partial charge in [-0.2, -0.15) is 0 Å². The normalized spacial score (nSPS) is 12.2. The number of rotatable bonds is 5. The molecule has 0 aliphatic carbocycles. The quantitative estimate of drug-likeness (QED) is 0.908. The third kappa shape index (κ3) is 3.54. The van der Waals surface area contributed by atoms with E-state index in [4.69, 9.17) is 0 Å². The molecule has 0 saturated carbocycles. The Balaban J connectivity index is 2.15. The second-order valence-corrected chi connectivity index (χ2v) is 4.91. The minimum atomic E-state index is -0.481. The van der Waals surface area contributed by atoms with Crippen LogP contribution in [0.4, 0.5) is 5.82 Å². The Bertz CT molecular complexity index is 552. The molecule has 0 saturated heterocycles. The minimum Gasteiger partial charge on any atom is -0.389 e. The second-order valence-electron chi connectivity index (χ2n) is 4.91. The highest BCUT2D eigenvalue weighted by Gasteiger charge is 2.09. The van der Waals surface area contributed by atoms with Gasteiger partial charge in [-0.3, -0.25) is 4.98 Å². The molecule has 2 heterocycles. The van der Waals surface area contributed by atoms with Crippen molar-refractivity contribution in [2.24, 2.45) is 0 Å². The zero-order chi connectivity index (χ0) is 14.5. The molecule has 0 aromatic carbocycles. The van der Waals surface area contributed by atoms with E-state index >= 15 is 0 Å². The van der Waals surface area contributed by atoms with Crippen molar-refractivity contribution in [1.82, 2.24) is 9.97 Å².